The Morgan fingerprint density at radius 2 is 1.90 bits per heavy atom. The van der Waals surface area contributed by atoms with Crippen LogP contribution in [0.15, 0.2) is 17.0 Å². The zero-order valence-corrected chi connectivity index (χ0v) is 12.0. The first-order chi connectivity index (χ1) is 9.60. The van der Waals surface area contributed by atoms with Crippen molar-refractivity contribution in [2.45, 2.75) is 24.8 Å². The molecule has 0 aliphatic heterocycles. The lowest BCUT2D eigenvalue weighted by molar-refractivity contribution is -0.387. The normalized spacial score (nSPS) is 13.4. The van der Waals surface area contributed by atoms with Gasteiger partial charge in [0.05, 0.1) is 11.5 Å². The van der Waals surface area contributed by atoms with E-state index in [0.717, 1.165) is 0 Å². The van der Waals surface area contributed by atoms with Crippen LogP contribution in [0.5, 0.6) is 0 Å². The average molecular weight is 324 g/mol. The van der Waals surface area contributed by atoms with Gasteiger partial charge >= 0.3 is 5.69 Å². The zero-order chi connectivity index (χ0) is 16.4. The van der Waals surface area contributed by atoms with Crippen molar-refractivity contribution in [3.63, 3.8) is 0 Å². The number of nitrogens with zero attached hydrogens (tertiary/aromatic N) is 1. The number of hydrogen-bond donors (Lipinski definition) is 2. The van der Waals surface area contributed by atoms with E-state index in [-0.39, 0.29) is 12.0 Å². The van der Waals surface area contributed by atoms with Crippen LogP contribution in [-0.4, -0.2) is 31.1 Å². The summed E-state index contributed by atoms with van der Waals surface area (Å²) in [7, 11) is -4.48. The highest BCUT2D eigenvalue weighted by atomic mass is 32.2. The van der Waals surface area contributed by atoms with Crippen LogP contribution in [0.1, 0.15) is 13.8 Å². The molecule has 21 heavy (non-hydrogen) atoms. The van der Waals surface area contributed by atoms with Crippen molar-refractivity contribution in [3.8, 4) is 0 Å². The van der Waals surface area contributed by atoms with E-state index in [1.807, 2.05) is 4.72 Å². The van der Waals surface area contributed by atoms with Gasteiger partial charge in [0.25, 0.3) is 0 Å². The Bertz CT molecular complexity index is 648. The molecule has 0 aromatic heterocycles. The number of aliphatic hydroxyl groups excluding tert-OH is 1. The Morgan fingerprint density at radius 1 is 1.33 bits per heavy atom. The van der Waals surface area contributed by atoms with E-state index in [9.17, 15) is 27.3 Å². The quantitative estimate of drug-likeness (QED) is 0.603. The molecule has 118 valence electrons. The van der Waals surface area contributed by atoms with E-state index >= 15 is 0 Å². The van der Waals surface area contributed by atoms with E-state index in [4.69, 9.17) is 5.11 Å². The molecule has 0 amide bonds. The first-order valence-electron chi connectivity index (χ1n) is 5.86. The molecule has 7 nitrogen and oxygen atoms in total. The second-order valence-corrected chi connectivity index (χ2v) is 6.33. The highest BCUT2D eigenvalue weighted by Crippen LogP contribution is 2.25. The first-order valence-corrected chi connectivity index (χ1v) is 7.35. The molecule has 0 saturated heterocycles. The summed E-state index contributed by atoms with van der Waals surface area (Å²) in [5, 5.41) is 19.7. The summed E-state index contributed by atoms with van der Waals surface area (Å²) in [5.41, 5.74) is -1.15. The highest BCUT2D eigenvalue weighted by Gasteiger charge is 2.29. The number of nitrogens with one attached hydrogen (secondary N) is 1. The predicted molar refractivity (Wildman–Crippen MR) is 69.0 cm³/mol. The van der Waals surface area contributed by atoms with Crippen molar-refractivity contribution in [2.24, 2.45) is 5.92 Å². The number of nitro groups is 1. The number of nitro benzene ring substituents is 1. The molecule has 0 spiro atoms. The van der Waals surface area contributed by atoms with E-state index in [1.165, 1.54) is 0 Å². The lowest BCUT2D eigenvalue weighted by Gasteiger charge is -2.19. The summed E-state index contributed by atoms with van der Waals surface area (Å²) in [6, 6.07) is -0.462. The molecule has 2 N–H and O–H groups in total. The fourth-order valence-corrected chi connectivity index (χ4v) is 2.97. The number of rotatable bonds is 6. The number of benzene rings is 1. The van der Waals surface area contributed by atoms with Gasteiger partial charge < -0.3 is 5.11 Å². The molecular weight excluding hydrogens is 310 g/mol. The van der Waals surface area contributed by atoms with E-state index in [2.05, 4.69) is 0 Å². The Hall–Kier alpha value is -1.65. The van der Waals surface area contributed by atoms with Gasteiger partial charge in [-0.1, -0.05) is 13.8 Å². The largest absolute Gasteiger partial charge is 0.395 e. The van der Waals surface area contributed by atoms with Crippen LogP contribution in [0.2, 0.25) is 0 Å². The second kappa shape index (κ2) is 6.41. The third kappa shape index (κ3) is 3.93. The molecule has 1 aromatic carbocycles. The van der Waals surface area contributed by atoms with Crippen molar-refractivity contribution in [2.75, 3.05) is 6.61 Å². The molecule has 0 saturated carbocycles. The Kier molecular flexibility index (Phi) is 5.31. The summed E-state index contributed by atoms with van der Waals surface area (Å²) in [6.45, 7) is 2.70. The van der Waals surface area contributed by atoms with Crippen molar-refractivity contribution in [1.29, 1.82) is 0 Å². The van der Waals surface area contributed by atoms with Gasteiger partial charge in [0, 0.05) is 18.2 Å². The van der Waals surface area contributed by atoms with Crippen LogP contribution in [0.3, 0.4) is 0 Å². The maximum Gasteiger partial charge on any atom is 0.306 e. The van der Waals surface area contributed by atoms with Gasteiger partial charge in [-0.2, -0.15) is 4.39 Å². The van der Waals surface area contributed by atoms with E-state index in [0.29, 0.717) is 6.07 Å². The average Bonchev–Trinajstić information content (AvgIpc) is 2.34. The fraction of sp³-hybridized carbons (Fsp3) is 0.455. The predicted octanol–water partition coefficient (Wildman–Crippen LogP) is 1.17. The molecule has 0 fully saturated rings. The number of aliphatic hydroxyl groups is 1. The Balaban J connectivity index is 3.31. The summed E-state index contributed by atoms with van der Waals surface area (Å²) in [6.07, 6.45) is 0. The van der Waals surface area contributed by atoms with Crippen molar-refractivity contribution in [3.05, 3.63) is 33.9 Å². The molecule has 1 aromatic rings. The molecule has 0 heterocycles. The standard InChI is InChI=1S/C11H14F2N2O5S/c1-6(2)9(5-16)14-21(19,20)11-4-10(15(17)18)7(12)3-8(11)13/h3-4,6,9,14,16H,5H2,1-2H3/t9-/m1/s1. The molecule has 0 radical (unpaired) electrons. The van der Waals surface area contributed by atoms with Gasteiger partial charge in [-0.3, -0.25) is 10.1 Å². The van der Waals surface area contributed by atoms with Gasteiger partial charge in [-0.15, -0.1) is 0 Å². The zero-order valence-electron chi connectivity index (χ0n) is 11.2. The minimum absolute atomic E-state index is 0.135. The molecule has 0 aliphatic carbocycles. The van der Waals surface area contributed by atoms with E-state index in [1.54, 1.807) is 13.8 Å². The number of hydrogen-bond acceptors (Lipinski definition) is 5. The smallest absolute Gasteiger partial charge is 0.306 e. The third-order valence-electron chi connectivity index (χ3n) is 2.80. The molecule has 0 unspecified atom stereocenters. The SMILES string of the molecule is CC(C)[C@@H](CO)NS(=O)(=O)c1cc([N+](=O)[O-])c(F)cc1F. The van der Waals surface area contributed by atoms with Crippen molar-refractivity contribution in [1.82, 2.24) is 4.72 Å². The molecular formula is C11H14F2N2O5S. The van der Waals surface area contributed by atoms with Crippen LogP contribution in [0, 0.1) is 27.7 Å². The topological polar surface area (TPSA) is 110 Å². The minimum atomic E-state index is -4.48. The fourth-order valence-electron chi connectivity index (χ4n) is 1.51. The molecule has 0 bridgehead atoms. The molecule has 1 rings (SSSR count). The molecule has 10 heteroatoms. The molecule has 1 atom stereocenters. The van der Waals surface area contributed by atoms with Crippen LogP contribution < -0.4 is 4.72 Å². The Labute approximate surface area is 119 Å². The van der Waals surface area contributed by atoms with Crippen LogP contribution >= 0.6 is 0 Å². The van der Waals surface area contributed by atoms with E-state index < -0.39 is 49.8 Å². The highest BCUT2D eigenvalue weighted by molar-refractivity contribution is 7.89. The van der Waals surface area contributed by atoms with Crippen molar-refractivity contribution >= 4 is 15.7 Å². The van der Waals surface area contributed by atoms with Crippen LogP contribution in [0.25, 0.3) is 0 Å². The lowest BCUT2D eigenvalue weighted by atomic mass is 10.1. The maximum atomic E-state index is 13.6. The van der Waals surface area contributed by atoms with Crippen LogP contribution in [-0.2, 0) is 10.0 Å². The monoisotopic (exact) mass is 324 g/mol. The van der Waals surface area contributed by atoms with Gasteiger partial charge in [0.2, 0.25) is 15.8 Å². The van der Waals surface area contributed by atoms with Gasteiger partial charge in [0.15, 0.2) is 0 Å². The van der Waals surface area contributed by atoms with Crippen molar-refractivity contribution < 1.29 is 27.2 Å². The second-order valence-electron chi connectivity index (χ2n) is 4.65. The Morgan fingerprint density at radius 3 is 2.33 bits per heavy atom. The summed E-state index contributed by atoms with van der Waals surface area (Å²) in [5.74, 6) is -3.23. The summed E-state index contributed by atoms with van der Waals surface area (Å²) in [4.78, 5) is 8.39. The first kappa shape index (κ1) is 17.4. The number of sulfonamides is 1. The third-order valence-corrected chi connectivity index (χ3v) is 4.30. The van der Waals surface area contributed by atoms with Gasteiger partial charge in [-0.05, 0) is 5.92 Å². The van der Waals surface area contributed by atoms with Gasteiger partial charge in [0.1, 0.15) is 10.7 Å². The lowest BCUT2D eigenvalue weighted by Crippen LogP contribution is -2.41. The summed E-state index contributed by atoms with van der Waals surface area (Å²) >= 11 is 0. The summed E-state index contributed by atoms with van der Waals surface area (Å²) < 4.78 is 52.8. The maximum absolute atomic E-state index is 13.6. The van der Waals surface area contributed by atoms with Gasteiger partial charge in [-0.25, -0.2) is 17.5 Å². The molecule has 0 aliphatic rings. The minimum Gasteiger partial charge on any atom is -0.395 e. The van der Waals surface area contributed by atoms with Crippen LogP contribution in [0.4, 0.5) is 14.5 Å². The number of halogens is 2.